The van der Waals surface area contributed by atoms with Crippen LogP contribution in [-0.2, 0) is 27.6 Å². The molecule has 1 amide bonds. The molecular weight excluding hydrogens is 476 g/mol. The van der Waals surface area contributed by atoms with Crippen LogP contribution in [-0.4, -0.2) is 56.4 Å². The number of amides is 1. The van der Waals surface area contributed by atoms with Crippen LogP contribution < -0.4 is 10.1 Å². The van der Waals surface area contributed by atoms with Gasteiger partial charge in [-0.3, -0.25) is 0 Å². The maximum atomic E-state index is 12.7. The smallest absolute Gasteiger partial charge is 0.407 e. The van der Waals surface area contributed by atoms with E-state index in [9.17, 15) is 13.2 Å². The molecule has 2 aromatic rings. The van der Waals surface area contributed by atoms with Crippen molar-refractivity contribution < 1.29 is 22.7 Å². The molecule has 0 saturated heterocycles. The molecule has 2 atom stereocenters. The number of fused-ring (bicyclic) bond motifs is 1. The minimum atomic E-state index is -3.24. The first kappa shape index (κ1) is 26.5. The van der Waals surface area contributed by atoms with E-state index in [1.165, 1.54) is 16.7 Å². The second-order valence-corrected chi connectivity index (χ2v) is 11.7. The summed E-state index contributed by atoms with van der Waals surface area (Å²) >= 11 is 0. The lowest BCUT2D eigenvalue weighted by atomic mass is 9.76. The molecule has 1 N–H and O–H groups in total. The summed E-state index contributed by atoms with van der Waals surface area (Å²) in [6.45, 7) is 4.71. The number of rotatable bonds is 12. The van der Waals surface area contributed by atoms with Gasteiger partial charge in [-0.05, 0) is 74.3 Å². The van der Waals surface area contributed by atoms with Gasteiger partial charge in [-0.25, -0.2) is 13.2 Å². The van der Waals surface area contributed by atoms with E-state index in [1.54, 1.807) is 11.2 Å². The number of benzene rings is 2. The highest BCUT2D eigenvalue weighted by molar-refractivity contribution is 7.89. The van der Waals surface area contributed by atoms with Crippen molar-refractivity contribution in [2.24, 2.45) is 0 Å². The molecule has 4 rings (SSSR count). The minimum absolute atomic E-state index is 0.0449. The van der Waals surface area contributed by atoms with Gasteiger partial charge in [0.2, 0.25) is 10.0 Å². The van der Waals surface area contributed by atoms with Gasteiger partial charge in [0.25, 0.3) is 0 Å². The lowest BCUT2D eigenvalue weighted by Gasteiger charge is -2.34. The molecular formula is C28H38N2O5S. The molecule has 1 saturated carbocycles. The minimum Gasteiger partial charge on any atom is -0.492 e. The van der Waals surface area contributed by atoms with E-state index in [1.807, 2.05) is 31.2 Å². The molecule has 2 aliphatic carbocycles. The van der Waals surface area contributed by atoms with Crippen LogP contribution >= 0.6 is 0 Å². The van der Waals surface area contributed by atoms with Crippen LogP contribution in [0.25, 0.3) is 0 Å². The van der Waals surface area contributed by atoms with Crippen molar-refractivity contribution in [3.63, 3.8) is 0 Å². The monoisotopic (exact) mass is 514 g/mol. The van der Waals surface area contributed by atoms with Crippen molar-refractivity contribution >= 4 is 16.1 Å². The number of aryl methyl sites for hydroxylation is 1. The molecule has 36 heavy (non-hydrogen) atoms. The van der Waals surface area contributed by atoms with E-state index in [4.69, 9.17) is 9.47 Å². The topological polar surface area (TPSA) is 84.9 Å². The highest BCUT2D eigenvalue weighted by Crippen LogP contribution is 2.37. The fraction of sp³-hybridized carbons (Fsp3) is 0.536. The molecule has 0 aromatic heterocycles. The lowest BCUT2D eigenvalue weighted by molar-refractivity contribution is 0.144. The Labute approximate surface area is 215 Å². The highest BCUT2D eigenvalue weighted by Gasteiger charge is 2.36. The first-order valence-corrected chi connectivity index (χ1v) is 14.7. The molecule has 1 fully saturated rings. The number of hydrogen-bond donors (Lipinski definition) is 1. The van der Waals surface area contributed by atoms with Crippen LogP contribution in [0.5, 0.6) is 5.75 Å². The first-order valence-electron chi connectivity index (χ1n) is 13.1. The van der Waals surface area contributed by atoms with E-state index < -0.39 is 10.0 Å². The fourth-order valence-electron chi connectivity index (χ4n) is 5.12. The third kappa shape index (κ3) is 6.79. The number of sulfonamides is 1. The number of nitrogens with one attached hydrogen (secondary N) is 1. The van der Waals surface area contributed by atoms with Gasteiger partial charge in [0.15, 0.2) is 0 Å². The van der Waals surface area contributed by atoms with Crippen LogP contribution in [0.1, 0.15) is 62.1 Å². The molecule has 0 spiro atoms. The van der Waals surface area contributed by atoms with Crippen LogP contribution in [0.4, 0.5) is 4.79 Å². The lowest BCUT2D eigenvalue weighted by Crippen LogP contribution is -2.43. The van der Waals surface area contributed by atoms with E-state index in [2.05, 4.69) is 29.6 Å². The molecule has 2 unspecified atom stereocenters. The average molecular weight is 515 g/mol. The van der Waals surface area contributed by atoms with Gasteiger partial charge < -0.3 is 14.8 Å². The molecule has 2 aliphatic rings. The van der Waals surface area contributed by atoms with Gasteiger partial charge in [0.1, 0.15) is 12.4 Å². The molecule has 0 heterocycles. The highest BCUT2D eigenvalue weighted by atomic mass is 32.2. The Morgan fingerprint density at radius 1 is 1.08 bits per heavy atom. The van der Waals surface area contributed by atoms with Gasteiger partial charge in [0, 0.05) is 24.5 Å². The molecule has 8 heteroatoms. The van der Waals surface area contributed by atoms with Gasteiger partial charge in [0.05, 0.1) is 12.4 Å². The molecule has 0 aliphatic heterocycles. The number of carbonyl (C=O) groups excluding carboxylic acids is 1. The van der Waals surface area contributed by atoms with E-state index in [0.717, 1.165) is 37.9 Å². The van der Waals surface area contributed by atoms with Crippen molar-refractivity contribution in [3.05, 3.63) is 65.2 Å². The van der Waals surface area contributed by atoms with E-state index in [0.29, 0.717) is 26.2 Å². The number of carbonyl (C=O) groups is 1. The molecule has 0 bridgehead atoms. The Morgan fingerprint density at radius 3 is 2.56 bits per heavy atom. The Morgan fingerprint density at radius 2 is 1.86 bits per heavy atom. The summed E-state index contributed by atoms with van der Waals surface area (Å²) in [7, 11) is -3.24. The summed E-state index contributed by atoms with van der Waals surface area (Å²) in [6.07, 6.45) is 4.58. The summed E-state index contributed by atoms with van der Waals surface area (Å²) in [6, 6.07) is 16.5. The Balaban J connectivity index is 1.50. The Kier molecular flexibility index (Phi) is 8.90. The van der Waals surface area contributed by atoms with Gasteiger partial charge >= 0.3 is 6.09 Å². The molecule has 0 radical (unpaired) electrons. The van der Waals surface area contributed by atoms with Crippen molar-refractivity contribution in [3.8, 4) is 5.75 Å². The van der Waals surface area contributed by atoms with Crippen LogP contribution in [0.15, 0.2) is 48.5 Å². The van der Waals surface area contributed by atoms with Gasteiger partial charge in [-0.2, -0.15) is 4.31 Å². The summed E-state index contributed by atoms with van der Waals surface area (Å²) < 4.78 is 38.2. The maximum Gasteiger partial charge on any atom is 0.407 e. The zero-order valence-corrected chi connectivity index (χ0v) is 22.1. The SMILES string of the molecule is CCCS(=O)(=O)N(CCOc1ccc2c(c1)C(Cc1ccccc1)C(NC(=O)OCC)CC2)C1CC1. The third-order valence-corrected chi connectivity index (χ3v) is 9.08. The number of hydrogen-bond acceptors (Lipinski definition) is 5. The fourth-order valence-corrected chi connectivity index (χ4v) is 6.89. The van der Waals surface area contributed by atoms with Crippen LogP contribution in [0.2, 0.25) is 0 Å². The van der Waals surface area contributed by atoms with Crippen molar-refractivity contribution in [2.45, 2.75) is 70.4 Å². The quantitative estimate of drug-likeness (QED) is 0.445. The summed E-state index contributed by atoms with van der Waals surface area (Å²) in [5.41, 5.74) is 3.64. The van der Waals surface area contributed by atoms with E-state index in [-0.39, 0.29) is 29.8 Å². The van der Waals surface area contributed by atoms with Crippen molar-refractivity contribution in [1.82, 2.24) is 9.62 Å². The molecule has 2 aromatic carbocycles. The summed E-state index contributed by atoms with van der Waals surface area (Å²) in [5.74, 6) is 0.988. The third-order valence-electron chi connectivity index (χ3n) is 6.96. The number of ether oxygens (including phenoxy) is 2. The largest absolute Gasteiger partial charge is 0.492 e. The summed E-state index contributed by atoms with van der Waals surface area (Å²) in [5, 5.41) is 3.08. The predicted molar refractivity (Wildman–Crippen MR) is 141 cm³/mol. The zero-order valence-electron chi connectivity index (χ0n) is 21.3. The molecule has 196 valence electrons. The average Bonchev–Trinajstić information content (AvgIpc) is 3.69. The Bertz CT molecular complexity index is 1120. The van der Waals surface area contributed by atoms with E-state index >= 15 is 0 Å². The molecule has 7 nitrogen and oxygen atoms in total. The van der Waals surface area contributed by atoms with Gasteiger partial charge in [-0.1, -0.05) is 43.3 Å². The van der Waals surface area contributed by atoms with Crippen molar-refractivity contribution in [1.29, 1.82) is 0 Å². The summed E-state index contributed by atoms with van der Waals surface area (Å²) in [4.78, 5) is 12.3. The van der Waals surface area contributed by atoms with Gasteiger partial charge in [-0.15, -0.1) is 0 Å². The second kappa shape index (κ2) is 12.1. The van der Waals surface area contributed by atoms with Crippen LogP contribution in [0, 0.1) is 0 Å². The first-order chi connectivity index (χ1) is 17.4. The standard InChI is InChI=1S/C28H38N2O5S/c1-3-18-36(32,33)30(23-12-13-23)16-17-35-24-14-10-22-11-15-27(29-28(31)34-4-2)26(25(22)20-24)19-21-8-6-5-7-9-21/h5-10,14,20,23,26-27H,3-4,11-13,15-19H2,1-2H3,(H,29,31). The van der Waals surface area contributed by atoms with Crippen molar-refractivity contribution in [2.75, 3.05) is 25.5 Å². The number of alkyl carbamates (subject to hydrolysis) is 1. The second-order valence-electron chi connectivity index (χ2n) is 9.67. The normalized spacial score (nSPS) is 19.5. The zero-order chi connectivity index (χ0) is 25.5. The van der Waals surface area contributed by atoms with Crippen LogP contribution in [0.3, 0.4) is 0 Å². The Hall–Kier alpha value is -2.58. The number of nitrogens with zero attached hydrogens (tertiary/aromatic N) is 1. The predicted octanol–water partition coefficient (Wildman–Crippen LogP) is 4.66. The maximum absolute atomic E-state index is 12.7.